The molecule has 5 nitrogen and oxygen atoms in total. The maximum atomic E-state index is 5.60. The molecule has 0 radical (unpaired) electrons. The quantitative estimate of drug-likeness (QED) is 0.715. The predicted octanol–water partition coefficient (Wildman–Crippen LogP) is 0.952. The van der Waals surface area contributed by atoms with Crippen LogP contribution in [0.15, 0.2) is 16.7 Å². The van der Waals surface area contributed by atoms with Crippen molar-refractivity contribution >= 4 is 38.7 Å². The van der Waals surface area contributed by atoms with Gasteiger partial charge in [0.2, 0.25) is 5.95 Å². The molecule has 0 saturated heterocycles. The Hall–Kier alpha value is -1.43. The van der Waals surface area contributed by atoms with Crippen LogP contribution in [0, 0.1) is 0 Å². The first kappa shape index (κ1) is 8.18. The molecule has 0 aliphatic heterocycles. The van der Waals surface area contributed by atoms with Crippen molar-refractivity contribution in [2.75, 3.05) is 11.5 Å². The minimum absolute atomic E-state index is 0.157. The second kappa shape index (κ2) is 2.81. The summed E-state index contributed by atoms with van der Waals surface area (Å²) < 4.78 is 0.831. The zero-order valence-corrected chi connectivity index (χ0v) is 8.12. The van der Waals surface area contributed by atoms with Gasteiger partial charge >= 0.3 is 0 Å². The maximum absolute atomic E-state index is 5.60. The van der Waals surface area contributed by atoms with E-state index in [4.69, 9.17) is 11.5 Å². The fraction of sp³-hybridized carbons (Fsp3) is 0. The Labute approximate surface area is 82.3 Å². The Kier molecular flexibility index (Phi) is 1.77. The molecule has 0 bridgehead atoms. The number of nitrogens with zero attached hydrogens (tertiary/aromatic N) is 3. The van der Waals surface area contributed by atoms with E-state index < -0.39 is 0 Å². The molecule has 2 heterocycles. The highest BCUT2D eigenvalue weighted by atomic mass is 79.9. The third kappa shape index (κ3) is 1.40. The van der Waals surface area contributed by atoms with Crippen LogP contribution < -0.4 is 11.5 Å². The van der Waals surface area contributed by atoms with E-state index in [0.29, 0.717) is 16.9 Å². The molecule has 13 heavy (non-hydrogen) atoms. The van der Waals surface area contributed by atoms with Crippen molar-refractivity contribution in [2.24, 2.45) is 0 Å². The molecule has 0 saturated carbocycles. The Bertz CT molecular complexity index is 464. The van der Waals surface area contributed by atoms with Crippen LogP contribution in [0.2, 0.25) is 0 Å². The minimum atomic E-state index is 0.157. The normalized spacial score (nSPS) is 10.5. The first-order chi connectivity index (χ1) is 6.16. The molecule has 0 aliphatic rings. The average Bonchev–Trinajstić information content (AvgIpc) is 2.02. The number of hydrogen-bond donors (Lipinski definition) is 2. The summed E-state index contributed by atoms with van der Waals surface area (Å²) in [5.74, 6) is 0.458. The second-order valence-corrected chi connectivity index (χ2v) is 3.40. The molecule has 2 rings (SSSR count). The molecule has 0 aliphatic carbocycles. The number of nitrogens with two attached hydrogens (primary N) is 2. The summed E-state index contributed by atoms with van der Waals surface area (Å²) in [6.07, 6.45) is 1.64. The van der Waals surface area contributed by atoms with Gasteiger partial charge in [-0.25, -0.2) is 9.97 Å². The molecule has 4 N–H and O–H groups in total. The number of hydrogen-bond acceptors (Lipinski definition) is 5. The highest BCUT2D eigenvalue weighted by molar-refractivity contribution is 9.10. The molecule has 0 unspecified atom stereocenters. The molecular formula is C7H6BrN5. The Balaban J connectivity index is 2.86. The van der Waals surface area contributed by atoms with Gasteiger partial charge in [0, 0.05) is 10.7 Å². The highest BCUT2D eigenvalue weighted by Gasteiger charge is 2.04. The third-order valence-corrected chi connectivity index (χ3v) is 1.98. The van der Waals surface area contributed by atoms with Crippen molar-refractivity contribution in [3.8, 4) is 0 Å². The zero-order chi connectivity index (χ0) is 9.42. The molecule has 2 aromatic heterocycles. The van der Waals surface area contributed by atoms with E-state index in [9.17, 15) is 0 Å². The van der Waals surface area contributed by atoms with Crippen LogP contribution in [0.4, 0.5) is 11.8 Å². The Morgan fingerprint density at radius 1 is 1.23 bits per heavy atom. The molecular weight excluding hydrogens is 234 g/mol. The standard InChI is InChI=1S/C7H6BrN5/c8-3-1-4-5(11-2-3)6(9)13-7(10)12-4/h1-2H,(H4,9,10,12,13). The summed E-state index contributed by atoms with van der Waals surface area (Å²) in [6.45, 7) is 0. The van der Waals surface area contributed by atoms with Crippen molar-refractivity contribution in [1.82, 2.24) is 15.0 Å². The van der Waals surface area contributed by atoms with Gasteiger partial charge in [0.15, 0.2) is 5.82 Å². The first-order valence-electron chi connectivity index (χ1n) is 3.51. The SMILES string of the molecule is Nc1nc(N)c2ncc(Br)cc2n1. The average molecular weight is 240 g/mol. The van der Waals surface area contributed by atoms with Crippen LogP contribution in [0.1, 0.15) is 0 Å². The molecule has 6 heteroatoms. The molecule has 2 aromatic rings. The van der Waals surface area contributed by atoms with Crippen molar-refractivity contribution < 1.29 is 0 Å². The van der Waals surface area contributed by atoms with Gasteiger partial charge in [0.1, 0.15) is 5.52 Å². The van der Waals surface area contributed by atoms with Crippen molar-refractivity contribution in [2.45, 2.75) is 0 Å². The summed E-state index contributed by atoms with van der Waals surface area (Å²) in [5, 5.41) is 0. The fourth-order valence-electron chi connectivity index (χ4n) is 1.04. The summed E-state index contributed by atoms with van der Waals surface area (Å²) in [4.78, 5) is 11.9. The van der Waals surface area contributed by atoms with Gasteiger partial charge in [-0.05, 0) is 22.0 Å². The summed E-state index contributed by atoms with van der Waals surface area (Å²) in [7, 11) is 0. The summed E-state index contributed by atoms with van der Waals surface area (Å²) in [5.41, 5.74) is 12.2. The lowest BCUT2D eigenvalue weighted by Crippen LogP contribution is -2.01. The van der Waals surface area contributed by atoms with Crippen LogP contribution in [0.25, 0.3) is 11.0 Å². The summed E-state index contributed by atoms with van der Waals surface area (Å²) in [6, 6.07) is 1.79. The molecule has 0 fully saturated rings. The number of fused-ring (bicyclic) bond motifs is 1. The lowest BCUT2D eigenvalue weighted by Gasteiger charge is -2.00. The van der Waals surface area contributed by atoms with Gasteiger partial charge in [-0.3, -0.25) is 0 Å². The van der Waals surface area contributed by atoms with E-state index in [-0.39, 0.29) is 5.95 Å². The second-order valence-electron chi connectivity index (χ2n) is 2.49. The van der Waals surface area contributed by atoms with Crippen LogP contribution >= 0.6 is 15.9 Å². The van der Waals surface area contributed by atoms with E-state index in [1.807, 2.05) is 0 Å². The van der Waals surface area contributed by atoms with Crippen molar-refractivity contribution in [1.29, 1.82) is 0 Å². The number of halogens is 1. The van der Waals surface area contributed by atoms with E-state index in [2.05, 4.69) is 30.9 Å². The Morgan fingerprint density at radius 2 is 2.00 bits per heavy atom. The van der Waals surface area contributed by atoms with Gasteiger partial charge in [-0.15, -0.1) is 0 Å². The monoisotopic (exact) mass is 239 g/mol. The van der Waals surface area contributed by atoms with Crippen LogP contribution in [0.5, 0.6) is 0 Å². The summed E-state index contributed by atoms with van der Waals surface area (Å²) >= 11 is 3.28. The number of aromatic nitrogens is 3. The smallest absolute Gasteiger partial charge is 0.222 e. The van der Waals surface area contributed by atoms with E-state index in [1.54, 1.807) is 12.3 Å². The topological polar surface area (TPSA) is 90.7 Å². The fourth-order valence-corrected chi connectivity index (χ4v) is 1.36. The van der Waals surface area contributed by atoms with E-state index >= 15 is 0 Å². The minimum Gasteiger partial charge on any atom is -0.382 e. The zero-order valence-electron chi connectivity index (χ0n) is 6.53. The molecule has 0 aromatic carbocycles. The van der Waals surface area contributed by atoms with E-state index in [1.165, 1.54) is 0 Å². The molecule has 66 valence electrons. The molecule has 0 amide bonds. The van der Waals surface area contributed by atoms with Crippen LogP contribution in [-0.2, 0) is 0 Å². The predicted molar refractivity (Wildman–Crippen MR) is 53.9 cm³/mol. The van der Waals surface area contributed by atoms with Crippen molar-refractivity contribution in [3.05, 3.63) is 16.7 Å². The van der Waals surface area contributed by atoms with Gasteiger partial charge in [0.25, 0.3) is 0 Å². The van der Waals surface area contributed by atoms with Gasteiger partial charge in [-0.2, -0.15) is 4.98 Å². The van der Waals surface area contributed by atoms with E-state index in [0.717, 1.165) is 4.47 Å². The maximum Gasteiger partial charge on any atom is 0.222 e. The molecule has 0 atom stereocenters. The van der Waals surface area contributed by atoms with Crippen molar-refractivity contribution in [3.63, 3.8) is 0 Å². The number of anilines is 2. The lowest BCUT2D eigenvalue weighted by molar-refractivity contribution is 1.22. The van der Waals surface area contributed by atoms with Crippen LogP contribution in [0.3, 0.4) is 0 Å². The molecule has 0 spiro atoms. The lowest BCUT2D eigenvalue weighted by atomic mass is 10.3. The number of rotatable bonds is 0. The first-order valence-corrected chi connectivity index (χ1v) is 4.30. The Morgan fingerprint density at radius 3 is 2.77 bits per heavy atom. The van der Waals surface area contributed by atoms with Gasteiger partial charge < -0.3 is 11.5 Å². The van der Waals surface area contributed by atoms with Gasteiger partial charge in [-0.1, -0.05) is 0 Å². The number of nitrogen functional groups attached to an aromatic ring is 2. The van der Waals surface area contributed by atoms with Gasteiger partial charge in [0.05, 0.1) is 5.52 Å². The number of pyridine rings is 1. The van der Waals surface area contributed by atoms with Crippen LogP contribution in [-0.4, -0.2) is 15.0 Å². The highest BCUT2D eigenvalue weighted by Crippen LogP contribution is 2.19. The third-order valence-electron chi connectivity index (χ3n) is 1.55. The largest absolute Gasteiger partial charge is 0.382 e.